The summed E-state index contributed by atoms with van der Waals surface area (Å²) >= 11 is 0. The molecule has 1 N–H and O–H groups in total. The molecule has 0 rings (SSSR count). The third-order valence-electron chi connectivity index (χ3n) is 2.86. The van der Waals surface area contributed by atoms with Crippen molar-refractivity contribution in [3.63, 3.8) is 0 Å². The van der Waals surface area contributed by atoms with E-state index < -0.39 is 26.2 Å². The van der Waals surface area contributed by atoms with Gasteiger partial charge in [-0.05, 0) is 6.42 Å². The summed E-state index contributed by atoms with van der Waals surface area (Å²) in [5.74, 6) is 0. The first-order valence-electron chi connectivity index (χ1n) is 11.3. The van der Waals surface area contributed by atoms with E-state index in [1.807, 2.05) is 0 Å². The number of ether oxygens (including phenoxy) is 2. The lowest BCUT2D eigenvalue weighted by Crippen LogP contribution is -2.07. The number of rotatable bonds is 16. The molecule has 0 amide bonds. The van der Waals surface area contributed by atoms with Gasteiger partial charge >= 0.3 is 0 Å². The Morgan fingerprint density at radius 1 is 0.737 bits per heavy atom. The van der Waals surface area contributed by atoms with Crippen LogP contribution in [0, 0.1) is 0 Å². The molecule has 0 fully saturated rings. The fourth-order valence-electron chi connectivity index (χ4n) is 1.81. The van der Waals surface area contributed by atoms with Crippen LogP contribution in [0.4, 0.5) is 0 Å². The Labute approximate surface area is 130 Å². The lowest BCUT2D eigenvalue weighted by Gasteiger charge is -2.05. The minimum atomic E-state index is -3.49. The monoisotopic (exact) mass is 282 g/mol. The van der Waals surface area contributed by atoms with Crippen LogP contribution in [0.3, 0.4) is 0 Å². The van der Waals surface area contributed by atoms with E-state index in [2.05, 4.69) is 11.7 Å². The number of aliphatic hydroxyl groups is 1. The van der Waals surface area contributed by atoms with Gasteiger partial charge in [0.2, 0.25) is 0 Å². The van der Waals surface area contributed by atoms with E-state index in [-0.39, 0.29) is 6.61 Å². The molecule has 0 aromatic heterocycles. The molecular formula is C16H34O3. The van der Waals surface area contributed by atoms with Crippen LogP contribution in [-0.2, 0) is 9.47 Å². The van der Waals surface area contributed by atoms with Gasteiger partial charge in [-0.3, -0.25) is 0 Å². The van der Waals surface area contributed by atoms with E-state index in [0.29, 0.717) is 6.42 Å². The van der Waals surface area contributed by atoms with Crippen molar-refractivity contribution in [1.29, 1.82) is 0 Å². The van der Waals surface area contributed by atoms with E-state index in [4.69, 9.17) is 20.8 Å². The maximum atomic E-state index is 9.06. The second kappa shape index (κ2) is 17.9. The van der Waals surface area contributed by atoms with E-state index >= 15 is 0 Å². The number of hydrogen-bond acceptors (Lipinski definition) is 3. The predicted molar refractivity (Wildman–Crippen MR) is 80.6 cm³/mol. The zero-order valence-corrected chi connectivity index (χ0v) is 12.0. The van der Waals surface area contributed by atoms with Crippen LogP contribution in [0.25, 0.3) is 0 Å². The van der Waals surface area contributed by atoms with Gasteiger partial charge in [0, 0.05) is 6.61 Å². The highest BCUT2D eigenvalue weighted by Gasteiger charge is 1.93. The van der Waals surface area contributed by atoms with E-state index in [9.17, 15) is 0 Å². The first-order valence-corrected chi connectivity index (χ1v) is 7.33. The van der Waals surface area contributed by atoms with Crippen LogP contribution in [0.15, 0.2) is 0 Å². The normalized spacial score (nSPS) is 20.3. The Hall–Kier alpha value is -0.120. The Morgan fingerprint density at radius 2 is 1.26 bits per heavy atom. The highest BCUT2D eigenvalue weighted by Crippen LogP contribution is 2.10. The number of unbranched alkanes of at least 4 members (excludes halogenated alkanes) is 9. The maximum Gasteiger partial charge on any atom is 0.0701 e. The molecule has 116 valence electrons. The van der Waals surface area contributed by atoms with Crippen molar-refractivity contribution in [1.82, 2.24) is 0 Å². The molecular weight excluding hydrogens is 240 g/mol. The van der Waals surface area contributed by atoms with E-state index in [0.717, 1.165) is 19.3 Å². The molecule has 0 aromatic rings. The molecule has 0 radical (unpaired) electrons. The third kappa shape index (κ3) is 17.9. The SMILES string of the molecule is [2H]C([2H])(O)C([2H])([2H])OC([2H])([2H])C([2H])([2H])OCCCCCCCCCCCC. The molecule has 0 saturated heterocycles. The molecule has 3 nitrogen and oxygen atoms in total. The molecule has 0 aliphatic rings. The summed E-state index contributed by atoms with van der Waals surface area (Å²) in [7, 11) is 0. The van der Waals surface area contributed by atoms with Crippen LogP contribution in [0.1, 0.15) is 82.1 Å². The molecule has 0 aliphatic heterocycles. The largest absolute Gasteiger partial charge is 0.394 e. The van der Waals surface area contributed by atoms with Crippen molar-refractivity contribution in [3.05, 3.63) is 0 Å². The van der Waals surface area contributed by atoms with Gasteiger partial charge in [0.25, 0.3) is 0 Å². The van der Waals surface area contributed by atoms with Crippen molar-refractivity contribution in [2.24, 2.45) is 0 Å². The minimum absolute atomic E-state index is 0.0681. The summed E-state index contributed by atoms with van der Waals surface area (Å²) in [5, 5.41) is 9.06. The Kier molecular flexibility index (Phi) is 8.48. The molecule has 19 heavy (non-hydrogen) atoms. The second-order valence-electron chi connectivity index (χ2n) is 4.55. The minimum Gasteiger partial charge on any atom is -0.394 e. The topological polar surface area (TPSA) is 38.7 Å². The van der Waals surface area contributed by atoms with Crippen LogP contribution < -0.4 is 0 Å². The molecule has 0 aliphatic carbocycles. The molecule has 0 unspecified atom stereocenters. The zero-order valence-electron chi connectivity index (χ0n) is 20.0. The zero-order chi connectivity index (χ0) is 21.2. The van der Waals surface area contributed by atoms with Gasteiger partial charge in [0.15, 0.2) is 0 Å². The van der Waals surface area contributed by atoms with Crippen molar-refractivity contribution in [3.8, 4) is 0 Å². The Bertz CT molecular complexity index is 400. The molecule has 0 heterocycles. The molecule has 3 heteroatoms. The summed E-state index contributed by atoms with van der Waals surface area (Å²) in [5.41, 5.74) is 0. The van der Waals surface area contributed by atoms with Crippen LogP contribution in [0.5, 0.6) is 0 Å². The highest BCUT2D eigenvalue weighted by molar-refractivity contribution is 4.47. The van der Waals surface area contributed by atoms with Crippen molar-refractivity contribution < 1.29 is 25.5 Å². The van der Waals surface area contributed by atoms with Crippen LogP contribution in [0.2, 0.25) is 0 Å². The Balaban J connectivity index is 4.08. The van der Waals surface area contributed by atoms with E-state index in [1.54, 1.807) is 0 Å². The summed E-state index contributed by atoms with van der Waals surface area (Å²) in [6.45, 7) is -11.1. The van der Waals surface area contributed by atoms with Gasteiger partial charge in [-0.2, -0.15) is 0 Å². The van der Waals surface area contributed by atoms with Gasteiger partial charge in [-0.25, -0.2) is 0 Å². The summed E-state index contributed by atoms with van der Waals surface area (Å²) in [6, 6.07) is 0. The van der Waals surface area contributed by atoms with Crippen molar-refractivity contribution >= 4 is 0 Å². The smallest absolute Gasteiger partial charge is 0.0701 e. The van der Waals surface area contributed by atoms with Gasteiger partial charge in [-0.1, -0.05) is 64.7 Å². The highest BCUT2D eigenvalue weighted by atomic mass is 16.5. The molecule has 0 saturated carbocycles. The molecule has 0 spiro atoms. The standard InChI is InChI=1S/C16H34O3/c1-2-3-4-5-6-7-8-9-10-11-13-18-15-16-19-14-12-17/h17H,2-16H2,1H3/i12D2,14D2,15D2,16D2. The quantitative estimate of drug-likeness (QED) is 0.436. The van der Waals surface area contributed by atoms with Crippen LogP contribution in [-0.4, -0.2) is 37.9 Å². The van der Waals surface area contributed by atoms with Crippen molar-refractivity contribution in [2.75, 3.05) is 32.8 Å². The average Bonchev–Trinajstić information content (AvgIpc) is 2.50. The fraction of sp³-hybridized carbons (Fsp3) is 1.00. The lowest BCUT2D eigenvalue weighted by atomic mass is 10.1. The summed E-state index contributed by atoms with van der Waals surface area (Å²) in [4.78, 5) is 0. The van der Waals surface area contributed by atoms with Gasteiger partial charge < -0.3 is 14.6 Å². The predicted octanol–water partition coefficient (Wildman–Crippen LogP) is 3.93. The molecule has 0 bridgehead atoms. The second-order valence-corrected chi connectivity index (χ2v) is 4.55. The lowest BCUT2D eigenvalue weighted by molar-refractivity contribution is 0.0321. The first-order chi connectivity index (χ1) is 12.3. The summed E-state index contributed by atoms with van der Waals surface area (Å²) < 4.78 is 67.7. The van der Waals surface area contributed by atoms with Crippen LogP contribution >= 0.6 is 0 Å². The van der Waals surface area contributed by atoms with Crippen molar-refractivity contribution in [2.45, 2.75) is 71.1 Å². The maximum absolute atomic E-state index is 9.06. The van der Waals surface area contributed by atoms with E-state index in [1.165, 1.54) is 38.5 Å². The van der Waals surface area contributed by atoms with Gasteiger partial charge in [0.05, 0.1) is 37.2 Å². The first kappa shape index (κ1) is 9.01. The average molecular weight is 282 g/mol. The summed E-state index contributed by atoms with van der Waals surface area (Å²) in [6.07, 6.45) is 10.8. The van der Waals surface area contributed by atoms with Gasteiger partial charge in [-0.15, -0.1) is 0 Å². The third-order valence-corrected chi connectivity index (χ3v) is 2.86. The Morgan fingerprint density at radius 3 is 1.84 bits per heavy atom. The molecule has 0 aromatic carbocycles. The number of hydrogen-bond donors (Lipinski definition) is 1. The fourth-order valence-corrected chi connectivity index (χ4v) is 1.81. The van der Waals surface area contributed by atoms with Gasteiger partial charge in [0.1, 0.15) is 0 Å². The molecule has 0 atom stereocenters.